The van der Waals surface area contributed by atoms with Gasteiger partial charge in [-0.25, -0.2) is 4.79 Å². The number of hydrogen-bond donors (Lipinski definition) is 1. The summed E-state index contributed by atoms with van der Waals surface area (Å²) < 4.78 is 16.7. The van der Waals surface area contributed by atoms with Crippen LogP contribution in [0.1, 0.15) is 47.0 Å². The lowest BCUT2D eigenvalue weighted by Gasteiger charge is -2.32. The van der Waals surface area contributed by atoms with E-state index >= 15 is 0 Å². The number of rotatable bonds is 2. The maximum absolute atomic E-state index is 11.2. The van der Waals surface area contributed by atoms with Crippen LogP contribution in [0.3, 0.4) is 0 Å². The molecule has 1 N–H and O–H groups in total. The van der Waals surface area contributed by atoms with Crippen LogP contribution in [0.15, 0.2) is 11.5 Å². The van der Waals surface area contributed by atoms with Gasteiger partial charge in [-0.05, 0) is 52.4 Å². The fraction of sp³-hybridized carbons (Fsp3) is 0.786. The van der Waals surface area contributed by atoms with Crippen LogP contribution in [0.2, 0.25) is 0 Å². The lowest BCUT2D eigenvalue weighted by atomic mass is 9.72. The van der Waals surface area contributed by atoms with Crippen molar-refractivity contribution < 1.29 is 18.8 Å². The van der Waals surface area contributed by atoms with Crippen molar-refractivity contribution in [3.63, 3.8) is 0 Å². The maximum atomic E-state index is 11.2. The van der Waals surface area contributed by atoms with Gasteiger partial charge in [0.2, 0.25) is 0 Å². The van der Waals surface area contributed by atoms with Crippen LogP contribution in [-0.2, 0) is 14.0 Å². The molecular formula is C14H24BNO4. The van der Waals surface area contributed by atoms with Gasteiger partial charge in [0, 0.05) is 6.04 Å². The highest BCUT2D eigenvalue weighted by Crippen LogP contribution is 2.40. The first-order chi connectivity index (χ1) is 9.25. The Kier molecular flexibility index (Phi) is 4.16. The molecule has 1 heterocycles. The fourth-order valence-electron chi connectivity index (χ4n) is 2.42. The molecule has 0 aromatic carbocycles. The number of alkyl carbamates (subject to hydrolysis) is 1. The van der Waals surface area contributed by atoms with E-state index in [-0.39, 0.29) is 30.5 Å². The van der Waals surface area contributed by atoms with Crippen LogP contribution >= 0.6 is 0 Å². The second-order valence-corrected chi connectivity index (χ2v) is 6.47. The average molecular weight is 281 g/mol. The normalized spacial score (nSPS) is 27.9. The average Bonchev–Trinajstić information content (AvgIpc) is 2.59. The van der Waals surface area contributed by atoms with Crippen molar-refractivity contribution in [3.05, 3.63) is 11.5 Å². The van der Waals surface area contributed by atoms with Gasteiger partial charge in [-0.2, -0.15) is 0 Å². The molecule has 1 aliphatic heterocycles. The minimum atomic E-state index is -0.373. The molecule has 2 rings (SSSR count). The number of allylic oxidation sites excluding steroid dienone is 1. The largest absolute Gasteiger partial charge is 0.490 e. The van der Waals surface area contributed by atoms with Crippen molar-refractivity contribution in [1.82, 2.24) is 5.32 Å². The van der Waals surface area contributed by atoms with Crippen molar-refractivity contribution in [2.75, 3.05) is 7.11 Å². The first-order valence-electron chi connectivity index (χ1n) is 7.14. The topological polar surface area (TPSA) is 56.8 Å². The number of amides is 1. The summed E-state index contributed by atoms with van der Waals surface area (Å²) in [7, 11) is 1.11. The molecule has 0 aromatic rings. The first kappa shape index (κ1) is 15.4. The Bertz CT molecular complexity index is 403. The SMILES string of the molecule is COC(=O)NC1CC=C(B2OC(C)(C)C(C)(C)O2)CC1. The van der Waals surface area contributed by atoms with Crippen molar-refractivity contribution in [2.45, 2.75) is 64.2 Å². The smallest absolute Gasteiger partial charge is 0.453 e. The predicted octanol–water partition coefficient (Wildman–Crippen LogP) is 2.45. The number of hydrogen-bond acceptors (Lipinski definition) is 4. The van der Waals surface area contributed by atoms with E-state index in [9.17, 15) is 4.79 Å². The molecule has 0 bridgehead atoms. The predicted molar refractivity (Wildman–Crippen MR) is 77.3 cm³/mol. The van der Waals surface area contributed by atoms with Gasteiger partial charge in [0.05, 0.1) is 18.3 Å². The van der Waals surface area contributed by atoms with Crippen LogP contribution in [0.4, 0.5) is 4.79 Å². The van der Waals surface area contributed by atoms with Gasteiger partial charge < -0.3 is 19.4 Å². The number of ether oxygens (including phenoxy) is 1. The highest BCUT2D eigenvalue weighted by Gasteiger charge is 2.52. The molecule has 1 fully saturated rings. The van der Waals surface area contributed by atoms with Gasteiger partial charge >= 0.3 is 13.2 Å². The zero-order valence-corrected chi connectivity index (χ0v) is 13.0. The summed E-state index contributed by atoms with van der Waals surface area (Å²) in [6.45, 7) is 8.21. The van der Waals surface area contributed by atoms with Gasteiger partial charge in [0.15, 0.2) is 0 Å². The number of methoxy groups -OCH3 is 1. The maximum Gasteiger partial charge on any atom is 0.490 e. The van der Waals surface area contributed by atoms with Gasteiger partial charge in [0.1, 0.15) is 0 Å². The van der Waals surface area contributed by atoms with Crippen molar-refractivity contribution >= 4 is 13.2 Å². The van der Waals surface area contributed by atoms with E-state index in [1.165, 1.54) is 12.6 Å². The Balaban J connectivity index is 1.95. The van der Waals surface area contributed by atoms with Crippen molar-refractivity contribution in [1.29, 1.82) is 0 Å². The minimum Gasteiger partial charge on any atom is -0.453 e. The van der Waals surface area contributed by atoms with E-state index in [2.05, 4.69) is 43.8 Å². The first-order valence-corrected chi connectivity index (χ1v) is 7.14. The summed E-state index contributed by atoms with van der Waals surface area (Å²) in [6, 6.07) is 0.133. The van der Waals surface area contributed by atoms with Gasteiger partial charge in [-0.1, -0.05) is 6.08 Å². The van der Waals surface area contributed by atoms with E-state index in [1.807, 2.05) is 0 Å². The third-order valence-electron chi connectivity index (χ3n) is 4.51. The standard InChI is InChI=1S/C14H24BNO4/c1-13(2)14(3,4)20-15(19-13)10-6-8-11(9-7-10)16-12(17)18-5/h6,11H,7-9H2,1-5H3,(H,16,17). The lowest BCUT2D eigenvalue weighted by molar-refractivity contribution is 0.00578. The molecule has 2 aliphatic rings. The summed E-state index contributed by atoms with van der Waals surface area (Å²) in [5.74, 6) is 0. The summed E-state index contributed by atoms with van der Waals surface area (Å²) >= 11 is 0. The number of carbonyl (C=O) groups excluding carboxylic acids is 1. The van der Waals surface area contributed by atoms with E-state index in [1.54, 1.807) is 0 Å². The molecule has 6 heteroatoms. The van der Waals surface area contributed by atoms with Crippen LogP contribution < -0.4 is 5.32 Å². The van der Waals surface area contributed by atoms with Crippen LogP contribution in [-0.4, -0.2) is 37.6 Å². The molecule has 1 aliphatic carbocycles. The number of carbonyl (C=O) groups is 1. The molecule has 20 heavy (non-hydrogen) atoms. The van der Waals surface area contributed by atoms with E-state index in [0.717, 1.165) is 19.3 Å². The zero-order chi connectivity index (χ0) is 15.0. The van der Waals surface area contributed by atoms with E-state index in [4.69, 9.17) is 9.31 Å². The molecule has 1 unspecified atom stereocenters. The second-order valence-electron chi connectivity index (χ2n) is 6.47. The quantitative estimate of drug-likeness (QED) is 0.790. The fourth-order valence-corrected chi connectivity index (χ4v) is 2.42. The third kappa shape index (κ3) is 3.01. The van der Waals surface area contributed by atoms with Crippen LogP contribution in [0.25, 0.3) is 0 Å². The summed E-state index contributed by atoms with van der Waals surface area (Å²) in [4.78, 5) is 11.2. The van der Waals surface area contributed by atoms with E-state index < -0.39 is 0 Å². The Morgan fingerprint density at radius 2 is 1.95 bits per heavy atom. The van der Waals surface area contributed by atoms with Gasteiger partial charge in [0.25, 0.3) is 0 Å². The second kappa shape index (κ2) is 5.41. The highest BCUT2D eigenvalue weighted by molar-refractivity contribution is 6.54. The molecule has 0 saturated carbocycles. The molecular weight excluding hydrogens is 257 g/mol. The molecule has 1 atom stereocenters. The Labute approximate surface area is 121 Å². The van der Waals surface area contributed by atoms with Crippen molar-refractivity contribution in [2.24, 2.45) is 0 Å². The molecule has 0 aromatic heterocycles. The highest BCUT2D eigenvalue weighted by atomic mass is 16.7. The molecule has 112 valence electrons. The summed E-state index contributed by atoms with van der Waals surface area (Å²) in [5, 5.41) is 2.82. The van der Waals surface area contributed by atoms with Crippen LogP contribution in [0, 0.1) is 0 Å². The summed E-state index contributed by atoms with van der Waals surface area (Å²) in [6.07, 6.45) is 4.28. The Hall–Kier alpha value is -1.01. The Morgan fingerprint density at radius 1 is 1.35 bits per heavy atom. The van der Waals surface area contributed by atoms with Crippen LogP contribution in [0.5, 0.6) is 0 Å². The third-order valence-corrected chi connectivity index (χ3v) is 4.51. The van der Waals surface area contributed by atoms with Gasteiger partial charge in [-0.3, -0.25) is 0 Å². The molecule has 5 nitrogen and oxygen atoms in total. The molecule has 1 amide bonds. The number of nitrogens with one attached hydrogen (secondary N) is 1. The van der Waals surface area contributed by atoms with Gasteiger partial charge in [-0.15, -0.1) is 0 Å². The van der Waals surface area contributed by atoms with Crippen molar-refractivity contribution in [3.8, 4) is 0 Å². The molecule has 0 radical (unpaired) electrons. The van der Waals surface area contributed by atoms with E-state index in [0.29, 0.717) is 0 Å². The Morgan fingerprint density at radius 3 is 2.40 bits per heavy atom. The lowest BCUT2D eigenvalue weighted by Crippen LogP contribution is -2.41. The molecule has 1 saturated heterocycles. The summed E-state index contributed by atoms with van der Waals surface area (Å²) in [5.41, 5.74) is 0.561. The zero-order valence-electron chi connectivity index (χ0n) is 13.0. The minimum absolute atomic E-state index is 0.133. The molecule has 0 spiro atoms. The monoisotopic (exact) mass is 281 g/mol.